The Morgan fingerprint density at radius 1 is 1.70 bits per heavy atom. The van der Waals surface area contributed by atoms with Gasteiger partial charge in [0.1, 0.15) is 0 Å². The summed E-state index contributed by atoms with van der Waals surface area (Å²) in [5.74, 6) is 0. The third-order valence-electron chi connectivity index (χ3n) is 1.23. The molecule has 0 heterocycles. The molecule has 0 aliphatic rings. The second-order valence-electron chi connectivity index (χ2n) is 2.02. The van der Waals surface area contributed by atoms with E-state index in [2.05, 4.69) is 6.58 Å². The Hall–Kier alpha value is -0.330. The van der Waals surface area contributed by atoms with Gasteiger partial charge in [0.15, 0.2) is 0 Å². The second kappa shape index (κ2) is 3.75. The topological polar surface area (TPSA) is 26.3 Å². The average molecular weight is 160 g/mol. The summed E-state index contributed by atoms with van der Waals surface area (Å²) in [4.78, 5) is 0. The first-order chi connectivity index (χ1) is 4.54. The lowest BCUT2D eigenvalue weighted by molar-refractivity contribution is 0.406. The maximum atomic E-state index is 11.3. The molecule has 1 unspecified atom stereocenters. The van der Waals surface area contributed by atoms with Crippen LogP contribution in [0.15, 0.2) is 24.0 Å². The van der Waals surface area contributed by atoms with Crippen molar-refractivity contribution < 1.29 is 9.09 Å². The molecule has 10 heavy (non-hydrogen) atoms. The van der Waals surface area contributed by atoms with E-state index in [1.165, 1.54) is 7.11 Å². The highest BCUT2D eigenvalue weighted by atomic mass is 31.2. The average Bonchev–Trinajstić information content (AvgIpc) is 1.89. The zero-order valence-electron chi connectivity index (χ0n) is 6.63. The third-order valence-corrected chi connectivity index (χ3v) is 3.12. The molecular formula is C7H13O2P. The predicted molar refractivity (Wildman–Crippen MR) is 44.5 cm³/mol. The summed E-state index contributed by atoms with van der Waals surface area (Å²) in [6.45, 7) is 7.01. The monoisotopic (exact) mass is 160 g/mol. The molecule has 0 aromatic rings. The van der Waals surface area contributed by atoms with Crippen LogP contribution in [0.25, 0.3) is 0 Å². The summed E-state index contributed by atoms with van der Waals surface area (Å²) in [5, 5.41) is 0.553. The maximum absolute atomic E-state index is 11.3. The van der Waals surface area contributed by atoms with E-state index in [0.29, 0.717) is 5.31 Å². The van der Waals surface area contributed by atoms with E-state index in [1.807, 2.05) is 6.92 Å². The van der Waals surface area contributed by atoms with Crippen molar-refractivity contribution in [3.63, 3.8) is 0 Å². The molecule has 0 amide bonds. The van der Waals surface area contributed by atoms with Crippen LogP contribution in [-0.2, 0) is 9.09 Å². The van der Waals surface area contributed by atoms with Crippen molar-refractivity contribution in [2.45, 2.75) is 6.92 Å². The second-order valence-corrected chi connectivity index (χ2v) is 4.65. The lowest BCUT2D eigenvalue weighted by Gasteiger charge is -2.08. The molecule has 0 spiro atoms. The number of rotatable bonds is 3. The van der Waals surface area contributed by atoms with Gasteiger partial charge in [-0.15, -0.1) is 0 Å². The quantitative estimate of drug-likeness (QED) is 0.468. The summed E-state index contributed by atoms with van der Waals surface area (Å²) in [6, 6.07) is 0. The number of hydrogen-bond acceptors (Lipinski definition) is 2. The number of hydrogen-bond donors (Lipinski definition) is 0. The molecule has 0 aliphatic carbocycles. The van der Waals surface area contributed by atoms with Crippen LogP contribution in [-0.4, -0.2) is 13.8 Å². The summed E-state index contributed by atoms with van der Waals surface area (Å²) < 4.78 is 16.1. The van der Waals surface area contributed by atoms with Gasteiger partial charge in [-0.3, -0.25) is 4.57 Å². The first kappa shape index (κ1) is 9.67. The van der Waals surface area contributed by atoms with E-state index in [1.54, 1.807) is 18.8 Å². The van der Waals surface area contributed by atoms with Gasteiger partial charge in [0.25, 0.3) is 0 Å². The van der Waals surface area contributed by atoms with Crippen LogP contribution in [0.1, 0.15) is 6.92 Å². The fourth-order valence-electron chi connectivity index (χ4n) is 0.445. The van der Waals surface area contributed by atoms with Crippen molar-refractivity contribution in [2.24, 2.45) is 0 Å². The zero-order valence-corrected chi connectivity index (χ0v) is 7.52. The standard InChI is InChI=1S/C7H13O2P/c1-5-6-7(2)10(4,8)9-3/h5-6H,2H2,1,3-4H3. The summed E-state index contributed by atoms with van der Waals surface area (Å²) in [7, 11) is -1.14. The van der Waals surface area contributed by atoms with Gasteiger partial charge in [0.05, 0.1) is 0 Å². The minimum absolute atomic E-state index is 0.553. The molecule has 2 nitrogen and oxygen atoms in total. The van der Waals surface area contributed by atoms with Gasteiger partial charge in [-0.05, 0) is 6.92 Å². The molecule has 0 aliphatic heterocycles. The summed E-state index contributed by atoms with van der Waals surface area (Å²) in [6.07, 6.45) is 3.49. The highest BCUT2D eigenvalue weighted by Gasteiger charge is 2.14. The molecular weight excluding hydrogens is 147 g/mol. The van der Waals surface area contributed by atoms with Gasteiger partial charge in [0, 0.05) is 19.1 Å². The van der Waals surface area contributed by atoms with Gasteiger partial charge < -0.3 is 4.52 Å². The third kappa shape index (κ3) is 2.51. The SMILES string of the molecule is C=C(C=CC)P(C)(=O)OC. The van der Waals surface area contributed by atoms with Gasteiger partial charge in [-0.25, -0.2) is 0 Å². The largest absolute Gasteiger partial charge is 0.329 e. The van der Waals surface area contributed by atoms with E-state index in [4.69, 9.17) is 4.52 Å². The van der Waals surface area contributed by atoms with Crippen LogP contribution in [0.5, 0.6) is 0 Å². The Balaban J connectivity index is 4.35. The van der Waals surface area contributed by atoms with E-state index < -0.39 is 7.37 Å². The molecule has 0 rings (SSSR count). The van der Waals surface area contributed by atoms with Crippen LogP contribution >= 0.6 is 7.37 Å². The molecule has 0 saturated carbocycles. The molecule has 3 heteroatoms. The smallest absolute Gasteiger partial charge is 0.228 e. The van der Waals surface area contributed by atoms with Crippen LogP contribution in [0, 0.1) is 0 Å². The van der Waals surface area contributed by atoms with Crippen LogP contribution in [0.3, 0.4) is 0 Å². The summed E-state index contributed by atoms with van der Waals surface area (Å²) in [5.41, 5.74) is 0. The highest BCUT2D eigenvalue weighted by Crippen LogP contribution is 2.49. The van der Waals surface area contributed by atoms with Crippen LogP contribution in [0.2, 0.25) is 0 Å². The molecule has 0 N–H and O–H groups in total. The van der Waals surface area contributed by atoms with E-state index in [-0.39, 0.29) is 0 Å². The van der Waals surface area contributed by atoms with Gasteiger partial charge in [-0.1, -0.05) is 18.7 Å². The van der Waals surface area contributed by atoms with E-state index in [9.17, 15) is 4.57 Å². The van der Waals surface area contributed by atoms with E-state index in [0.717, 1.165) is 0 Å². The van der Waals surface area contributed by atoms with Gasteiger partial charge >= 0.3 is 0 Å². The Morgan fingerprint density at radius 3 is 2.50 bits per heavy atom. The fourth-order valence-corrected chi connectivity index (χ4v) is 1.10. The first-order valence-corrected chi connectivity index (χ1v) is 5.07. The fraction of sp³-hybridized carbons (Fsp3) is 0.429. The first-order valence-electron chi connectivity index (χ1n) is 3.00. The molecule has 58 valence electrons. The Labute approximate surface area is 62.0 Å². The van der Waals surface area contributed by atoms with Crippen molar-refractivity contribution in [3.05, 3.63) is 24.0 Å². The Kier molecular flexibility index (Phi) is 3.62. The molecule has 0 aromatic carbocycles. The van der Waals surface area contributed by atoms with Gasteiger partial charge in [-0.2, -0.15) is 0 Å². The lowest BCUT2D eigenvalue weighted by Crippen LogP contribution is -1.82. The van der Waals surface area contributed by atoms with Crippen molar-refractivity contribution in [1.29, 1.82) is 0 Å². The predicted octanol–water partition coefficient (Wildman–Crippen LogP) is 2.63. The van der Waals surface area contributed by atoms with Crippen molar-refractivity contribution in [1.82, 2.24) is 0 Å². The van der Waals surface area contributed by atoms with E-state index >= 15 is 0 Å². The Morgan fingerprint density at radius 2 is 2.20 bits per heavy atom. The molecule has 0 aromatic heterocycles. The molecule has 0 fully saturated rings. The van der Waals surface area contributed by atoms with Crippen LogP contribution < -0.4 is 0 Å². The summed E-state index contributed by atoms with van der Waals surface area (Å²) >= 11 is 0. The number of allylic oxidation sites excluding steroid dienone is 3. The molecule has 1 atom stereocenters. The molecule has 0 saturated heterocycles. The minimum atomic E-state index is -2.56. The molecule has 0 radical (unpaired) electrons. The minimum Gasteiger partial charge on any atom is -0.329 e. The maximum Gasteiger partial charge on any atom is 0.228 e. The van der Waals surface area contributed by atoms with Crippen molar-refractivity contribution >= 4 is 7.37 Å². The molecule has 0 bridgehead atoms. The van der Waals surface area contributed by atoms with Crippen molar-refractivity contribution in [3.8, 4) is 0 Å². The van der Waals surface area contributed by atoms with Gasteiger partial charge in [0.2, 0.25) is 7.37 Å². The van der Waals surface area contributed by atoms with Crippen molar-refractivity contribution in [2.75, 3.05) is 13.8 Å². The zero-order chi connectivity index (χ0) is 8.20. The normalized spacial score (nSPS) is 17.1. The van der Waals surface area contributed by atoms with Crippen LogP contribution in [0.4, 0.5) is 0 Å². The Bertz CT molecular complexity index is 194. The lowest BCUT2D eigenvalue weighted by atomic mass is 10.5. The highest BCUT2D eigenvalue weighted by molar-refractivity contribution is 7.62.